The predicted octanol–water partition coefficient (Wildman–Crippen LogP) is 2.53. The summed E-state index contributed by atoms with van der Waals surface area (Å²) in [5.74, 6) is -2.43. The highest BCUT2D eigenvalue weighted by Crippen LogP contribution is 2.57. The van der Waals surface area contributed by atoms with Crippen molar-refractivity contribution in [2.75, 3.05) is 23.7 Å². The number of nitrogens with zero attached hydrogens (tertiary/aromatic N) is 1. The fraction of sp³-hybridized carbons (Fsp3) is 0.571. The van der Waals surface area contributed by atoms with Crippen LogP contribution in [0.2, 0.25) is 0 Å². The molecule has 0 bridgehead atoms. The molecule has 0 radical (unpaired) electrons. The number of rotatable bonds is 1. The zero-order valence-corrected chi connectivity index (χ0v) is 10.6. The van der Waals surface area contributed by atoms with E-state index in [1.165, 1.54) is 0 Å². The highest BCUT2D eigenvalue weighted by atomic mass is 19.3. The number of ether oxygens (including phenoxy) is 1. The predicted molar refractivity (Wildman–Crippen MR) is 68.2 cm³/mol. The van der Waals surface area contributed by atoms with Crippen molar-refractivity contribution < 1.29 is 13.5 Å². The number of halogens is 2. The molecule has 0 atom stereocenters. The van der Waals surface area contributed by atoms with Crippen molar-refractivity contribution in [2.24, 2.45) is 5.41 Å². The van der Waals surface area contributed by atoms with Gasteiger partial charge in [0.25, 0.3) is 0 Å². The molecule has 102 valence electrons. The van der Waals surface area contributed by atoms with Gasteiger partial charge in [0.05, 0.1) is 13.2 Å². The third-order valence-corrected chi connectivity index (χ3v) is 4.60. The van der Waals surface area contributed by atoms with E-state index in [1.54, 1.807) is 0 Å². The quantitative estimate of drug-likeness (QED) is 0.794. The van der Waals surface area contributed by atoms with Gasteiger partial charge in [0.2, 0.25) is 5.92 Å². The fourth-order valence-corrected chi connectivity index (χ4v) is 3.78. The van der Waals surface area contributed by atoms with Crippen LogP contribution in [0.4, 0.5) is 20.2 Å². The maximum absolute atomic E-state index is 13.0. The van der Waals surface area contributed by atoms with Gasteiger partial charge in [-0.3, -0.25) is 0 Å². The Hall–Kier alpha value is -1.36. The Morgan fingerprint density at radius 3 is 2.47 bits per heavy atom. The van der Waals surface area contributed by atoms with Gasteiger partial charge in [0.1, 0.15) is 0 Å². The first-order chi connectivity index (χ1) is 8.98. The molecule has 3 nitrogen and oxygen atoms in total. The Balaban J connectivity index is 1.56. The summed E-state index contributed by atoms with van der Waals surface area (Å²) in [6.07, 6.45) is 0.0916. The second-order valence-corrected chi connectivity index (χ2v) is 6.19. The minimum absolute atomic E-state index is 0.0458. The highest BCUT2D eigenvalue weighted by Gasteiger charge is 2.61. The highest BCUT2D eigenvalue weighted by molar-refractivity contribution is 5.67. The van der Waals surface area contributed by atoms with Crippen LogP contribution in [0.15, 0.2) is 12.1 Å². The summed E-state index contributed by atoms with van der Waals surface area (Å²) >= 11 is 0. The van der Waals surface area contributed by atoms with Gasteiger partial charge in [-0.15, -0.1) is 0 Å². The monoisotopic (exact) mass is 266 g/mol. The van der Waals surface area contributed by atoms with E-state index in [0.29, 0.717) is 13.2 Å². The van der Waals surface area contributed by atoms with Crippen LogP contribution in [0, 0.1) is 5.41 Å². The summed E-state index contributed by atoms with van der Waals surface area (Å²) in [6.45, 7) is 2.61. The Labute approximate surface area is 110 Å². The Kier molecular flexibility index (Phi) is 2.05. The molecule has 5 heteroatoms. The molecule has 1 aromatic rings. The van der Waals surface area contributed by atoms with Crippen LogP contribution in [0.25, 0.3) is 0 Å². The molecule has 1 saturated heterocycles. The topological polar surface area (TPSA) is 38.5 Å². The van der Waals surface area contributed by atoms with Gasteiger partial charge < -0.3 is 15.4 Å². The second-order valence-electron chi connectivity index (χ2n) is 6.19. The fourth-order valence-electron chi connectivity index (χ4n) is 3.78. The molecule has 3 aliphatic rings. The Morgan fingerprint density at radius 2 is 1.79 bits per heavy atom. The van der Waals surface area contributed by atoms with Crippen molar-refractivity contribution in [3.63, 3.8) is 0 Å². The van der Waals surface area contributed by atoms with Gasteiger partial charge >= 0.3 is 0 Å². The third kappa shape index (κ3) is 1.57. The van der Waals surface area contributed by atoms with E-state index in [9.17, 15) is 8.78 Å². The number of nitrogen functional groups attached to an aromatic ring is 1. The zero-order chi connectivity index (χ0) is 13.3. The SMILES string of the molecule is Nc1ccc(N2CC3(C2)CC(F)(F)C3)c2c1COC2. The van der Waals surface area contributed by atoms with Crippen molar-refractivity contribution >= 4 is 11.4 Å². The van der Waals surface area contributed by atoms with E-state index in [2.05, 4.69) is 4.90 Å². The average molecular weight is 266 g/mol. The summed E-state index contributed by atoms with van der Waals surface area (Å²) in [7, 11) is 0. The molecular formula is C14H16F2N2O. The van der Waals surface area contributed by atoms with Crippen LogP contribution < -0.4 is 10.6 Å². The van der Waals surface area contributed by atoms with E-state index in [0.717, 1.165) is 35.6 Å². The van der Waals surface area contributed by atoms with Gasteiger partial charge in [0, 0.05) is 53.8 Å². The molecule has 1 aliphatic carbocycles. The first-order valence-corrected chi connectivity index (χ1v) is 6.59. The second kappa shape index (κ2) is 3.39. The van der Waals surface area contributed by atoms with Crippen LogP contribution in [0.5, 0.6) is 0 Å². The third-order valence-electron chi connectivity index (χ3n) is 4.60. The summed E-state index contributed by atoms with van der Waals surface area (Å²) in [5.41, 5.74) is 9.87. The molecule has 2 fully saturated rings. The number of hydrogen-bond donors (Lipinski definition) is 1. The van der Waals surface area contributed by atoms with Crippen molar-refractivity contribution in [1.82, 2.24) is 0 Å². The number of fused-ring (bicyclic) bond motifs is 1. The van der Waals surface area contributed by atoms with Crippen molar-refractivity contribution in [2.45, 2.75) is 32.0 Å². The van der Waals surface area contributed by atoms with Crippen molar-refractivity contribution in [1.29, 1.82) is 0 Å². The maximum atomic E-state index is 13.0. The standard InChI is InChI=1S/C14H16F2N2O/c15-14(16)5-13(6-14)7-18(8-13)12-2-1-11(17)9-3-19-4-10(9)12/h1-2H,3-8,17H2. The van der Waals surface area contributed by atoms with Gasteiger partial charge in [-0.2, -0.15) is 0 Å². The number of nitrogens with two attached hydrogens (primary N) is 1. The number of hydrogen-bond acceptors (Lipinski definition) is 3. The maximum Gasteiger partial charge on any atom is 0.249 e. The first kappa shape index (κ1) is 11.5. The van der Waals surface area contributed by atoms with Crippen molar-refractivity contribution in [3.8, 4) is 0 Å². The van der Waals surface area contributed by atoms with Gasteiger partial charge in [-0.25, -0.2) is 8.78 Å². The molecule has 1 saturated carbocycles. The lowest BCUT2D eigenvalue weighted by Crippen LogP contribution is -2.66. The molecule has 0 amide bonds. The summed E-state index contributed by atoms with van der Waals surface area (Å²) in [5, 5.41) is 0. The Morgan fingerprint density at radius 1 is 1.11 bits per heavy atom. The lowest BCUT2D eigenvalue weighted by molar-refractivity contribution is -0.170. The minimum Gasteiger partial charge on any atom is -0.398 e. The lowest BCUT2D eigenvalue weighted by atomic mass is 9.61. The number of anilines is 2. The van der Waals surface area contributed by atoms with E-state index >= 15 is 0 Å². The molecule has 2 heterocycles. The van der Waals surface area contributed by atoms with E-state index < -0.39 is 5.92 Å². The largest absolute Gasteiger partial charge is 0.398 e. The van der Waals surface area contributed by atoms with Gasteiger partial charge in [-0.05, 0) is 12.1 Å². The van der Waals surface area contributed by atoms with Crippen LogP contribution in [-0.4, -0.2) is 19.0 Å². The number of benzene rings is 1. The molecule has 2 aliphatic heterocycles. The molecule has 1 spiro atoms. The molecule has 1 aromatic carbocycles. The summed E-state index contributed by atoms with van der Waals surface area (Å²) in [4.78, 5) is 2.18. The molecule has 4 rings (SSSR count). The molecule has 0 unspecified atom stereocenters. The van der Waals surface area contributed by atoms with Gasteiger partial charge in [-0.1, -0.05) is 0 Å². The zero-order valence-electron chi connectivity index (χ0n) is 10.6. The number of alkyl halides is 2. The van der Waals surface area contributed by atoms with Crippen LogP contribution in [-0.2, 0) is 18.0 Å². The van der Waals surface area contributed by atoms with Crippen LogP contribution in [0.1, 0.15) is 24.0 Å². The van der Waals surface area contributed by atoms with Gasteiger partial charge in [0.15, 0.2) is 0 Å². The molecule has 2 N–H and O–H groups in total. The molecule has 19 heavy (non-hydrogen) atoms. The Bertz CT molecular complexity index is 543. The van der Waals surface area contributed by atoms with Crippen LogP contribution >= 0.6 is 0 Å². The van der Waals surface area contributed by atoms with E-state index in [-0.39, 0.29) is 18.3 Å². The van der Waals surface area contributed by atoms with E-state index in [4.69, 9.17) is 10.5 Å². The smallest absolute Gasteiger partial charge is 0.249 e. The molecule has 0 aromatic heterocycles. The lowest BCUT2D eigenvalue weighted by Gasteiger charge is -2.59. The molecular weight excluding hydrogens is 250 g/mol. The summed E-state index contributed by atoms with van der Waals surface area (Å²) in [6, 6.07) is 3.88. The normalized spacial score (nSPS) is 25.9. The van der Waals surface area contributed by atoms with Crippen LogP contribution in [0.3, 0.4) is 0 Å². The minimum atomic E-state index is -2.43. The van der Waals surface area contributed by atoms with E-state index in [1.807, 2.05) is 12.1 Å². The average Bonchev–Trinajstić information content (AvgIpc) is 2.73. The summed E-state index contributed by atoms with van der Waals surface area (Å²) < 4.78 is 31.5. The van der Waals surface area contributed by atoms with Crippen molar-refractivity contribution in [3.05, 3.63) is 23.3 Å². The first-order valence-electron chi connectivity index (χ1n) is 6.59.